The molecule has 3 atom stereocenters. The quantitative estimate of drug-likeness (QED) is 0.306. The number of likely N-dealkylation sites (N-methyl/N-ethyl adjacent to an activating group) is 1. The predicted octanol–water partition coefficient (Wildman–Crippen LogP) is 3.48. The topological polar surface area (TPSA) is 70.4 Å². The van der Waals surface area contributed by atoms with E-state index in [1.165, 1.54) is 51.5 Å². The zero-order valence-corrected chi connectivity index (χ0v) is 21.7. The molecular formula is C22H42IN7. The molecule has 3 unspecified atom stereocenters. The van der Waals surface area contributed by atoms with E-state index in [2.05, 4.69) is 39.6 Å². The minimum atomic E-state index is 0. The van der Waals surface area contributed by atoms with Gasteiger partial charge in [-0.3, -0.25) is 4.90 Å². The lowest BCUT2D eigenvalue weighted by Crippen LogP contribution is -2.45. The van der Waals surface area contributed by atoms with Crippen LogP contribution in [0.2, 0.25) is 0 Å². The lowest BCUT2D eigenvalue weighted by atomic mass is 9.81. The van der Waals surface area contributed by atoms with Crippen molar-refractivity contribution in [2.75, 3.05) is 26.2 Å². The maximum atomic E-state index is 4.83. The molecule has 0 bridgehead atoms. The van der Waals surface area contributed by atoms with Gasteiger partial charge in [-0.25, -0.2) is 4.99 Å². The number of hydrogen-bond acceptors (Lipinski definition) is 4. The first-order valence-electron chi connectivity index (χ1n) is 11.7. The zero-order chi connectivity index (χ0) is 20.6. The van der Waals surface area contributed by atoms with Crippen molar-refractivity contribution in [2.45, 2.75) is 78.3 Å². The standard InChI is InChI=1S/C22H41N7.HI/c1-5-29-13-7-10-20(29)15-24-22(25-16-21-27-26-18(3)28(21)4)23-12-11-19-9-6-8-17(2)14-19;/h17,19-20H,5-16H2,1-4H3,(H2,23,24,25);1H. The summed E-state index contributed by atoms with van der Waals surface area (Å²) in [6, 6.07) is 0.614. The summed E-state index contributed by atoms with van der Waals surface area (Å²) < 4.78 is 2.01. The number of guanidine groups is 1. The maximum absolute atomic E-state index is 4.83. The molecule has 0 radical (unpaired) electrons. The van der Waals surface area contributed by atoms with E-state index in [0.717, 1.165) is 49.1 Å². The lowest BCUT2D eigenvalue weighted by Gasteiger charge is -2.27. The second-order valence-electron chi connectivity index (χ2n) is 9.05. The van der Waals surface area contributed by atoms with Crippen LogP contribution in [0.1, 0.15) is 70.4 Å². The number of halogens is 1. The number of aliphatic imine (C=N–C) groups is 1. The lowest BCUT2D eigenvalue weighted by molar-refractivity contribution is 0.265. The molecule has 0 aromatic carbocycles. The molecule has 2 aliphatic rings. The van der Waals surface area contributed by atoms with E-state index in [-0.39, 0.29) is 24.0 Å². The summed E-state index contributed by atoms with van der Waals surface area (Å²) in [7, 11) is 2.00. The van der Waals surface area contributed by atoms with Gasteiger partial charge in [-0.15, -0.1) is 34.2 Å². The third-order valence-corrected chi connectivity index (χ3v) is 6.86. The van der Waals surface area contributed by atoms with Gasteiger partial charge < -0.3 is 15.2 Å². The molecule has 1 saturated carbocycles. The molecule has 7 nitrogen and oxygen atoms in total. The van der Waals surface area contributed by atoms with Gasteiger partial charge in [0.1, 0.15) is 12.4 Å². The minimum Gasteiger partial charge on any atom is -0.356 e. The van der Waals surface area contributed by atoms with Gasteiger partial charge in [0.25, 0.3) is 0 Å². The van der Waals surface area contributed by atoms with Crippen LogP contribution in [-0.2, 0) is 13.6 Å². The molecule has 1 aromatic heterocycles. The Bertz CT molecular complexity index is 660. The van der Waals surface area contributed by atoms with Crippen LogP contribution >= 0.6 is 24.0 Å². The molecule has 1 aromatic rings. The SMILES string of the molecule is CCN1CCCC1CNC(=NCc1nnc(C)n1C)NCCC1CCCC(C)C1.I. The Morgan fingerprint density at radius 3 is 2.70 bits per heavy atom. The highest BCUT2D eigenvalue weighted by molar-refractivity contribution is 14.0. The number of rotatable bonds is 8. The van der Waals surface area contributed by atoms with Crippen molar-refractivity contribution in [2.24, 2.45) is 23.9 Å². The Labute approximate surface area is 199 Å². The normalized spacial score (nSPS) is 25.2. The Morgan fingerprint density at radius 2 is 2.00 bits per heavy atom. The first-order valence-corrected chi connectivity index (χ1v) is 11.7. The highest BCUT2D eigenvalue weighted by Gasteiger charge is 2.23. The number of likely N-dealkylation sites (tertiary alicyclic amines) is 1. The van der Waals surface area contributed by atoms with Gasteiger partial charge in [0, 0.05) is 26.2 Å². The van der Waals surface area contributed by atoms with Crippen LogP contribution in [0, 0.1) is 18.8 Å². The molecule has 8 heteroatoms. The van der Waals surface area contributed by atoms with Crippen molar-refractivity contribution in [3.05, 3.63) is 11.6 Å². The predicted molar refractivity (Wildman–Crippen MR) is 134 cm³/mol. The van der Waals surface area contributed by atoms with Crippen LogP contribution in [-0.4, -0.2) is 57.8 Å². The first kappa shape index (κ1) is 25.4. The van der Waals surface area contributed by atoms with Crippen LogP contribution in [0.15, 0.2) is 4.99 Å². The van der Waals surface area contributed by atoms with Crippen LogP contribution in [0.4, 0.5) is 0 Å². The molecular weight excluding hydrogens is 489 g/mol. The average Bonchev–Trinajstić information content (AvgIpc) is 3.30. The minimum absolute atomic E-state index is 0. The number of nitrogens with zero attached hydrogens (tertiary/aromatic N) is 5. The summed E-state index contributed by atoms with van der Waals surface area (Å²) >= 11 is 0. The van der Waals surface area contributed by atoms with Gasteiger partial charge in [-0.05, 0) is 57.5 Å². The fourth-order valence-electron chi connectivity index (χ4n) is 4.89. The van der Waals surface area contributed by atoms with Gasteiger partial charge in [0.15, 0.2) is 11.8 Å². The van der Waals surface area contributed by atoms with Crippen molar-refractivity contribution < 1.29 is 0 Å². The average molecular weight is 532 g/mol. The molecule has 3 rings (SSSR count). The summed E-state index contributed by atoms with van der Waals surface area (Å²) in [5, 5.41) is 15.6. The number of nitrogens with one attached hydrogen (secondary N) is 2. The summed E-state index contributed by atoms with van der Waals surface area (Å²) in [5.74, 6) is 4.49. The molecule has 1 saturated heterocycles. The molecule has 2 N–H and O–H groups in total. The third-order valence-electron chi connectivity index (χ3n) is 6.86. The monoisotopic (exact) mass is 531 g/mol. The highest BCUT2D eigenvalue weighted by atomic mass is 127. The largest absolute Gasteiger partial charge is 0.356 e. The van der Waals surface area contributed by atoms with E-state index in [1.807, 2.05) is 18.5 Å². The molecule has 1 aliphatic carbocycles. The Hall–Kier alpha value is -0.900. The fraction of sp³-hybridized carbons (Fsp3) is 0.864. The fourth-order valence-corrected chi connectivity index (χ4v) is 4.89. The smallest absolute Gasteiger partial charge is 0.191 e. The van der Waals surface area contributed by atoms with E-state index in [1.54, 1.807) is 0 Å². The molecule has 2 heterocycles. The third kappa shape index (κ3) is 7.35. The van der Waals surface area contributed by atoms with E-state index >= 15 is 0 Å². The summed E-state index contributed by atoms with van der Waals surface area (Å²) in [6.45, 7) is 11.5. The van der Waals surface area contributed by atoms with Gasteiger partial charge >= 0.3 is 0 Å². The summed E-state index contributed by atoms with van der Waals surface area (Å²) in [4.78, 5) is 7.40. The van der Waals surface area contributed by atoms with Gasteiger partial charge in [0.2, 0.25) is 0 Å². The summed E-state index contributed by atoms with van der Waals surface area (Å²) in [6.07, 6.45) is 9.38. The van der Waals surface area contributed by atoms with E-state index < -0.39 is 0 Å². The Kier molecular flexibility index (Phi) is 10.8. The van der Waals surface area contributed by atoms with Crippen molar-refractivity contribution in [3.63, 3.8) is 0 Å². The van der Waals surface area contributed by atoms with Gasteiger partial charge in [0.05, 0.1) is 0 Å². The van der Waals surface area contributed by atoms with Gasteiger partial charge in [-0.1, -0.05) is 33.1 Å². The van der Waals surface area contributed by atoms with Crippen LogP contribution in [0.5, 0.6) is 0 Å². The van der Waals surface area contributed by atoms with E-state index in [9.17, 15) is 0 Å². The van der Waals surface area contributed by atoms with Gasteiger partial charge in [-0.2, -0.15) is 0 Å². The van der Waals surface area contributed by atoms with E-state index in [4.69, 9.17) is 4.99 Å². The second kappa shape index (κ2) is 12.8. The van der Waals surface area contributed by atoms with Crippen molar-refractivity contribution in [1.82, 2.24) is 30.3 Å². The number of aromatic nitrogens is 3. The maximum Gasteiger partial charge on any atom is 0.191 e. The van der Waals surface area contributed by atoms with Crippen LogP contribution < -0.4 is 10.6 Å². The molecule has 172 valence electrons. The van der Waals surface area contributed by atoms with Crippen molar-refractivity contribution >= 4 is 29.9 Å². The van der Waals surface area contributed by atoms with Crippen molar-refractivity contribution in [1.29, 1.82) is 0 Å². The summed E-state index contributed by atoms with van der Waals surface area (Å²) in [5.41, 5.74) is 0. The van der Waals surface area contributed by atoms with Crippen molar-refractivity contribution in [3.8, 4) is 0 Å². The molecule has 2 fully saturated rings. The first-order chi connectivity index (χ1) is 14.1. The molecule has 1 aliphatic heterocycles. The Balaban J connectivity index is 0.00000320. The molecule has 30 heavy (non-hydrogen) atoms. The Morgan fingerprint density at radius 1 is 1.17 bits per heavy atom. The van der Waals surface area contributed by atoms with E-state index in [0.29, 0.717) is 12.6 Å². The molecule has 0 amide bonds. The van der Waals surface area contributed by atoms with Crippen LogP contribution in [0.25, 0.3) is 0 Å². The molecule has 0 spiro atoms. The second-order valence-corrected chi connectivity index (χ2v) is 9.05. The number of aryl methyl sites for hydroxylation is 1. The zero-order valence-electron chi connectivity index (χ0n) is 19.4. The number of hydrogen-bond donors (Lipinski definition) is 2. The van der Waals surface area contributed by atoms with Crippen LogP contribution in [0.3, 0.4) is 0 Å². The highest BCUT2D eigenvalue weighted by Crippen LogP contribution is 2.30.